The Balaban J connectivity index is 2.02. The van der Waals surface area contributed by atoms with Crippen LogP contribution < -0.4 is 5.43 Å². The van der Waals surface area contributed by atoms with E-state index in [2.05, 4.69) is 27.4 Å². The van der Waals surface area contributed by atoms with Crippen LogP contribution in [0.5, 0.6) is 0 Å². The molecule has 2 N–H and O–H groups in total. The smallest absolute Gasteiger partial charge is 0.378 e. The number of aromatic nitrogens is 1. The Kier molecular flexibility index (Phi) is 5.45. The molecule has 7 heteroatoms. The number of nitrogens with one attached hydrogen (secondary N) is 1. The number of hydrogen-bond donors (Lipinski definition) is 2. The highest BCUT2D eigenvalue weighted by Crippen LogP contribution is 2.28. The van der Waals surface area contributed by atoms with E-state index < -0.39 is 17.5 Å². The molecule has 0 unspecified atom stereocenters. The monoisotopic (exact) mass is 347 g/mol. The zero-order valence-electron chi connectivity index (χ0n) is 13.6. The van der Waals surface area contributed by atoms with Gasteiger partial charge in [0.1, 0.15) is 17.1 Å². The van der Waals surface area contributed by atoms with Crippen LogP contribution in [0.2, 0.25) is 0 Å². The Bertz CT molecular complexity index is 810. The first kappa shape index (κ1) is 18.5. The number of hydrogen-bond acceptors (Lipinski definition) is 4. The lowest BCUT2D eigenvalue weighted by atomic mass is 10.1. The SMILES string of the molecule is CC(C)(O)C#Cc1ccc(/C=N/Nc2cccc(C(F)(F)F)n2)cc1. The second kappa shape index (κ2) is 7.36. The molecule has 25 heavy (non-hydrogen) atoms. The fraction of sp³-hybridized carbons (Fsp3) is 0.222. The van der Waals surface area contributed by atoms with Crippen molar-refractivity contribution in [2.24, 2.45) is 5.10 Å². The van der Waals surface area contributed by atoms with Crippen molar-refractivity contribution in [1.82, 2.24) is 4.98 Å². The third-order valence-electron chi connectivity index (χ3n) is 2.86. The van der Waals surface area contributed by atoms with Gasteiger partial charge in [-0.1, -0.05) is 30.0 Å². The number of aliphatic hydroxyl groups is 1. The second-order valence-electron chi connectivity index (χ2n) is 5.71. The van der Waals surface area contributed by atoms with Crippen LogP contribution in [0.25, 0.3) is 0 Å². The molecule has 0 saturated carbocycles. The van der Waals surface area contributed by atoms with Crippen molar-refractivity contribution in [1.29, 1.82) is 0 Å². The van der Waals surface area contributed by atoms with Crippen molar-refractivity contribution < 1.29 is 18.3 Å². The molecule has 0 saturated heterocycles. The molecule has 1 aromatic heterocycles. The van der Waals surface area contributed by atoms with E-state index in [-0.39, 0.29) is 5.82 Å². The molecule has 0 aliphatic rings. The van der Waals surface area contributed by atoms with Crippen molar-refractivity contribution in [2.45, 2.75) is 25.6 Å². The van der Waals surface area contributed by atoms with Gasteiger partial charge in [0.05, 0.1) is 6.21 Å². The van der Waals surface area contributed by atoms with E-state index in [0.717, 1.165) is 17.2 Å². The zero-order valence-corrected chi connectivity index (χ0v) is 13.6. The predicted molar refractivity (Wildman–Crippen MR) is 90.1 cm³/mol. The molecule has 0 aliphatic carbocycles. The van der Waals surface area contributed by atoms with E-state index in [4.69, 9.17) is 0 Å². The predicted octanol–water partition coefficient (Wildman–Crippen LogP) is 3.67. The zero-order chi connectivity index (χ0) is 18.5. The fourth-order valence-corrected chi connectivity index (χ4v) is 1.71. The Morgan fingerprint density at radius 3 is 2.40 bits per heavy atom. The summed E-state index contributed by atoms with van der Waals surface area (Å²) in [4.78, 5) is 3.44. The maximum absolute atomic E-state index is 12.6. The molecule has 0 atom stereocenters. The molecule has 0 bridgehead atoms. The minimum atomic E-state index is -4.50. The lowest BCUT2D eigenvalue weighted by Crippen LogP contribution is -2.14. The summed E-state index contributed by atoms with van der Waals surface area (Å²) in [5.74, 6) is 5.54. The normalized spacial score (nSPS) is 11.9. The van der Waals surface area contributed by atoms with Crippen LogP contribution in [0.1, 0.15) is 30.7 Å². The van der Waals surface area contributed by atoms with Gasteiger partial charge in [-0.25, -0.2) is 4.98 Å². The Hall–Kier alpha value is -2.85. The van der Waals surface area contributed by atoms with Crippen LogP contribution in [0, 0.1) is 11.8 Å². The Morgan fingerprint density at radius 1 is 1.12 bits per heavy atom. The summed E-state index contributed by atoms with van der Waals surface area (Å²) >= 11 is 0. The van der Waals surface area contributed by atoms with Crippen molar-refractivity contribution in [3.05, 3.63) is 59.3 Å². The summed E-state index contributed by atoms with van der Waals surface area (Å²) in [6.45, 7) is 3.18. The van der Waals surface area contributed by atoms with Gasteiger partial charge >= 0.3 is 6.18 Å². The second-order valence-corrected chi connectivity index (χ2v) is 5.71. The molecule has 2 aromatic rings. The molecule has 0 aliphatic heterocycles. The van der Waals surface area contributed by atoms with Crippen molar-refractivity contribution in [3.63, 3.8) is 0 Å². The lowest BCUT2D eigenvalue weighted by molar-refractivity contribution is -0.141. The van der Waals surface area contributed by atoms with Crippen LogP contribution in [-0.2, 0) is 6.18 Å². The van der Waals surface area contributed by atoms with E-state index in [1.807, 2.05) is 0 Å². The maximum atomic E-state index is 12.6. The molecule has 1 heterocycles. The maximum Gasteiger partial charge on any atom is 0.433 e. The van der Waals surface area contributed by atoms with Gasteiger partial charge in [0.25, 0.3) is 0 Å². The third-order valence-corrected chi connectivity index (χ3v) is 2.86. The van der Waals surface area contributed by atoms with Crippen LogP contribution >= 0.6 is 0 Å². The molecule has 2 rings (SSSR count). The first-order chi connectivity index (χ1) is 11.6. The number of halogens is 3. The van der Waals surface area contributed by atoms with Crippen LogP contribution in [-0.4, -0.2) is 21.9 Å². The largest absolute Gasteiger partial charge is 0.433 e. The van der Waals surface area contributed by atoms with Gasteiger partial charge in [-0.05, 0) is 43.7 Å². The third kappa shape index (κ3) is 6.28. The van der Waals surface area contributed by atoms with Crippen molar-refractivity contribution in [3.8, 4) is 11.8 Å². The number of hydrazone groups is 1. The average Bonchev–Trinajstić information content (AvgIpc) is 2.53. The molecule has 1 aromatic carbocycles. The van der Waals surface area contributed by atoms with Gasteiger partial charge in [0.2, 0.25) is 0 Å². The Labute approximate surface area is 143 Å². The summed E-state index contributed by atoms with van der Waals surface area (Å²) in [5, 5.41) is 13.4. The summed E-state index contributed by atoms with van der Waals surface area (Å²) in [7, 11) is 0. The number of rotatable bonds is 3. The van der Waals surface area contributed by atoms with Gasteiger partial charge in [0, 0.05) is 5.56 Å². The highest BCUT2D eigenvalue weighted by Gasteiger charge is 2.32. The van der Waals surface area contributed by atoms with Crippen molar-refractivity contribution in [2.75, 3.05) is 5.43 Å². The van der Waals surface area contributed by atoms with E-state index in [1.165, 1.54) is 18.3 Å². The summed E-state index contributed by atoms with van der Waals surface area (Å²) in [5.41, 5.74) is 1.87. The molecule has 4 nitrogen and oxygen atoms in total. The number of benzene rings is 1. The fourth-order valence-electron chi connectivity index (χ4n) is 1.71. The minimum absolute atomic E-state index is 0.00117. The first-order valence-electron chi connectivity index (χ1n) is 7.32. The molecule has 0 spiro atoms. The van der Waals surface area contributed by atoms with Crippen LogP contribution in [0.4, 0.5) is 19.0 Å². The highest BCUT2D eigenvalue weighted by molar-refractivity contribution is 5.80. The summed E-state index contributed by atoms with van der Waals surface area (Å²) in [6.07, 6.45) is -3.05. The van der Waals surface area contributed by atoms with E-state index in [1.54, 1.807) is 38.1 Å². The van der Waals surface area contributed by atoms with Crippen LogP contribution in [0.3, 0.4) is 0 Å². The van der Waals surface area contributed by atoms with Gasteiger partial charge < -0.3 is 5.11 Å². The topological polar surface area (TPSA) is 57.5 Å². The molecule has 0 radical (unpaired) electrons. The number of anilines is 1. The van der Waals surface area contributed by atoms with Gasteiger partial charge in [-0.15, -0.1) is 0 Å². The summed E-state index contributed by atoms with van der Waals surface area (Å²) in [6, 6.07) is 10.5. The number of nitrogens with zero attached hydrogens (tertiary/aromatic N) is 2. The molecular formula is C18H16F3N3O. The van der Waals surface area contributed by atoms with Gasteiger partial charge in [-0.3, -0.25) is 5.43 Å². The first-order valence-corrected chi connectivity index (χ1v) is 7.32. The van der Waals surface area contributed by atoms with Gasteiger partial charge in [-0.2, -0.15) is 18.3 Å². The number of alkyl halides is 3. The molecule has 0 fully saturated rings. The minimum Gasteiger partial charge on any atom is -0.378 e. The van der Waals surface area contributed by atoms with E-state index >= 15 is 0 Å². The summed E-state index contributed by atoms with van der Waals surface area (Å²) < 4.78 is 37.7. The quantitative estimate of drug-likeness (QED) is 0.506. The van der Waals surface area contributed by atoms with Crippen molar-refractivity contribution >= 4 is 12.0 Å². The van der Waals surface area contributed by atoms with Gasteiger partial charge in [0.15, 0.2) is 0 Å². The molecule has 130 valence electrons. The van der Waals surface area contributed by atoms with E-state index in [9.17, 15) is 18.3 Å². The Morgan fingerprint density at radius 2 is 1.80 bits per heavy atom. The lowest BCUT2D eigenvalue weighted by Gasteiger charge is -2.06. The molecular weight excluding hydrogens is 331 g/mol. The van der Waals surface area contributed by atoms with E-state index in [0.29, 0.717) is 0 Å². The molecule has 0 amide bonds. The highest BCUT2D eigenvalue weighted by atomic mass is 19.4. The number of pyridine rings is 1. The van der Waals surface area contributed by atoms with Crippen LogP contribution in [0.15, 0.2) is 47.6 Å². The standard InChI is InChI=1S/C18H16F3N3O/c1-17(2,25)11-10-13-6-8-14(9-7-13)12-22-24-16-5-3-4-15(23-16)18(19,20)21/h3-9,12,25H,1-2H3,(H,23,24)/b22-12+. The average molecular weight is 347 g/mol.